The van der Waals surface area contributed by atoms with Gasteiger partial charge in [0.15, 0.2) is 0 Å². The van der Waals surface area contributed by atoms with Crippen molar-refractivity contribution in [3.05, 3.63) is 82.0 Å². The number of nitrogens with one attached hydrogen (secondary N) is 1. The zero-order valence-electron chi connectivity index (χ0n) is 29.8. The lowest BCUT2D eigenvalue weighted by Crippen LogP contribution is -2.49. The standard InChI is InChI=1S/C38H46ClN5O7S/c1-22-31(45)12-14-32(49-3)27-10-7-25(27)18-44-20-38(15-5-6-23-16-26(39)9-11-29(23)38)21-51-33-13-8-24(17-30(33)44)34(46)42-52(48)37(22)40-35(47)28-19-43(2)41-36(28)50-4/h8-9,11-14,16-17,19,22,25,27,31-32,37,45,52H,5-7,10,15,18,20-21H2,1-4H3,(H,40,47)/b14-12+/t22-,25-,27+,31+,32-,37?,38-/m0/s1. The van der Waals surface area contributed by atoms with E-state index in [2.05, 4.69) is 31.8 Å². The molecule has 1 fully saturated rings. The van der Waals surface area contributed by atoms with E-state index in [0.29, 0.717) is 25.4 Å². The Labute approximate surface area is 310 Å². The van der Waals surface area contributed by atoms with Gasteiger partial charge in [-0.25, -0.2) is 0 Å². The maximum Gasteiger partial charge on any atom is 0.285 e. The summed E-state index contributed by atoms with van der Waals surface area (Å²) in [5.41, 5.74) is 3.35. The van der Waals surface area contributed by atoms with Crippen molar-refractivity contribution < 1.29 is 33.1 Å². The maximum atomic E-state index is 14.0. The van der Waals surface area contributed by atoms with Crippen LogP contribution in [0.4, 0.5) is 5.69 Å². The Hall–Kier alpha value is -3.91. The van der Waals surface area contributed by atoms with Crippen LogP contribution in [0, 0.1) is 17.8 Å². The molecule has 3 aromatic rings. The molecule has 2 aliphatic carbocycles. The topological polar surface area (TPSA) is 145 Å². The molecular weight excluding hydrogens is 706 g/mol. The van der Waals surface area contributed by atoms with Crippen molar-refractivity contribution >= 4 is 39.7 Å². The molecule has 3 heterocycles. The number of methoxy groups -OCH3 is 2. The molecule has 1 aromatic heterocycles. The number of hydrogen-bond donors (Lipinski definition) is 3. The summed E-state index contributed by atoms with van der Waals surface area (Å²) < 4.78 is 37.4. The van der Waals surface area contributed by atoms with E-state index in [1.54, 1.807) is 45.4 Å². The molecule has 2 aliphatic heterocycles. The molecule has 0 saturated heterocycles. The Bertz CT molecular complexity index is 1980. The highest BCUT2D eigenvalue weighted by Crippen LogP contribution is 2.47. The second-order valence-electron chi connectivity index (χ2n) is 14.6. The van der Waals surface area contributed by atoms with E-state index in [9.17, 15) is 18.9 Å². The fraction of sp³-hybridized carbons (Fsp3) is 0.500. The Morgan fingerprint density at radius 2 is 2.00 bits per heavy atom. The summed E-state index contributed by atoms with van der Waals surface area (Å²) in [5, 5.41) is 17.8. The summed E-state index contributed by atoms with van der Waals surface area (Å²) in [6, 6.07) is 11.4. The number of ether oxygens (including phenoxy) is 3. The van der Waals surface area contributed by atoms with Crippen LogP contribution in [0.3, 0.4) is 0 Å². The molecule has 2 amide bonds. The van der Waals surface area contributed by atoms with Gasteiger partial charge in [-0.05, 0) is 85.4 Å². The van der Waals surface area contributed by atoms with Gasteiger partial charge in [-0.2, -0.15) is 4.36 Å². The molecule has 7 rings (SSSR count). The Kier molecular flexibility index (Phi) is 10.4. The zero-order valence-corrected chi connectivity index (χ0v) is 31.5. The number of carbonyl (C=O) groups is 2. The molecule has 2 N–H and O–H groups in total. The van der Waals surface area contributed by atoms with Crippen molar-refractivity contribution in [1.29, 1.82) is 0 Å². The normalized spacial score (nSPS) is 31.2. The molecule has 2 unspecified atom stereocenters. The van der Waals surface area contributed by atoms with E-state index in [-0.39, 0.29) is 40.4 Å². The lowest BCUT2D eigenvalue weighted by atomic mass is 9.68. The number of aliphatic hydroxyl groups is 1. The van der Waals surface area contributed by atoms with Gasteiger partial charge in [0.25, 0.3) is 11.8 Å². The number of nitrogens with zero attached hydrogens (tertiary/aromatic N) is 4. The fourth-order valence-corrected chi connectivity index (χ4v) is 9.77. The SMILES string of the molecule is COc1nn(C)cc1C(=O)NC1[C@@H](C)[C@H](O)/C=C/[C@H](OC)[C@@H]2CC[C@H]2CN2C[C@@]3(CCCc4cc(Cl)ccc43)COc3ccc(cc32)C(=O)/N=[SH]\1=O. The number of aliphatic hydroxyl groups excluding tert-OH is 1. The number of halogens is 1. The van der Waals surface area contributed by atoms with Gasteiger partial charge in [0.2, 0.25) is 5.88 Å². The van der Waals surface area contributed by atoms with Gasteiger partial charge in [-0.15, -0.1) is 5.10 Å². The quantitative estimate of drug-likeness (QED) is 0.255. The van der Waals surface area contributed by atoms with Gasteiger partial charge in [0.1, 0.15) is 16.7 Å². The Morgan fingerprint density at radius 1 is 1.17 bits per heavy atom. The molecule has 14 heteroatoms. The van der Waals surface area contributed by atoms with E-state index in [1.807, 2.05) is 12.1 Å². The van der Waals surface area contributed by atoms with Crippen molar-refractivity contribution in [2.24, 2.45) is 29.2 Å². The second-order valence-corrected chi connectivity index (χ2v) is 16.4. The van der Waals surface area contributed by atoms with Crippen LogP contribution in [0.25, 0.3) is 0 Å². The van der Waals surface area contributed by atoms with Gasteiger partial charge in [-0.3, -0.25) is 18.5 Å². The second kappa shape index (κ2) is 14.8. The van der Waals surface area contributed by atoms with Crippen LogP contribution in [-0.2, 0) is 34.2 Å². The van der Waals surface area contributed by atoms with Crippen LogP contribution in [-0.4, -0.2) is 82.4 Å². The molecule has 2 aromatic carbocycles. The number of rotatable bonds is 4. The Morgan fingerprint density at radius 3 is 2.75 bits per heavy atom. The minimum absolute atomic E-state index is 0.0848. The third kappa shape index (κ3) is 6.95. The summed E-state index contributed by atoms with van der Waals surface area (Å²) >= 11 is 6.44. The van der Waals surface area contributed by atoms with Crippen molar-refractivity contribution in [2.45, 2.75) is 62.0 Å². The molecule has 0 radical (unpaired) electrons. The van der Waals surface area contributed by atoms with Gasteiger partial charge >= 0.3 is 0 Å². The minimum atomic E-state index is -2.76. The average molecular weight is 752 g/mol. The molecule has 1 spiro atoms. The molecule has 8 atom stereocenters. The largest absolute Gasteiger partial charge is 0.490 e. The molecule has 278 valence electrons. The van der Waals surface area contributed by atoms with Gasteiger partial charge in [0, 0.05) is 55.4 Å². The number of fused-ring (bicyclic) bond motifs is 4. The Balaban J connectivity index is 1.29. The van der Waals surface area contributed by atoms with Crippen LogP contribution < -0.4 is 19.7 Å². The van der Waals surface area contributed by atoms with E-state index in [1.165, 1.54) is 29.1 Å². The minimum Gasteiger partial charge on any atom is -0.490 e. The average Bonchev–Trinajstić information content (AvgIpc) is 3.44. The molecule has 2 bridgehead atoms. The number of carbonyl (C=O) groups excluding carboxylic acids is 2. The van der Waals surface area contributed by atoms with E-state index < -0.39 is 39.8 Å². The van der Waals surface area contributed by atoms with Crippen LogP contribution in [0.5, 0.6) is 11.6 Å². The smallest absolute Gasteiger partial charge is 0.285 e. The monoisotopic (exact) mass is 751 g/mol. The number of thiol groups is 1. The molecule has 12 nitrogen and oxygen atoms in total. The van der Waals surface area contributed by atoms with Crippen molar-refractivity contribution in [2.75, 3.05) is 38.8 Å². The predicted octanol–water partition coefficient (Wildman–Crippen LogP) is 4.72. The molecule has 4 aliphatic rings. The van der Waals surface area contributed by atoms with Crippen LogP contribution in [0.15, 0.2) is 59.1 Å². The number of anilines is 1. The van der Waals surface area contributed by atoms with Gasteiger partial charge in [-0.1, -0.05) is 36.7 Å². The third-order valence-corrected chi connectivity index (χ3v) is 13.1. The van der Waals surface area contributed by atoms with Crippen molar-refractivity contribution in [1.82, 2.24) is 15.1 Å². The number of amides is 2. The first-order valence-electron chi connectivity index (χ1n) is 17.8. The van der Waals surface area contributed by atoms with Crippen molar-refractivity contribution in [3.63, 3.8) is 0 Å². The highest BCUT2D eigenvalue weighted by atomic mass is 35.5. The first-order valence-corrected chi connectivity index (χ1v) is 19.5. The highest BCUT2D eigenvalue weighted by Gasteiger charge is 2.44. The van der Waals surface area contributed by atoms with Gasteiger partial charge < -0.3 is 29.5 Å². The number of aryl methyl sites for hydroxylation is 2. The summed E-state index contributed by atoms with van der Waals surface area (Å²) in [6.45, 7) is 3.53. The lowest BCUT2D eigenvalue weighted by Gasteiger charge is -2.46. The van der Waals surface area contributed by atoms with E-state index in [0.717, 1.165) is 42.8 Å². The predicted molar refractivity (Wildman–Crippen MR) is 199 cm³/mol. The van der Waals surface area contributed by atoms with E-state index in [4.69, 9.17) is 25.8 Å². The first-order chi connectivity index (χ1) is 25.0. The summed E-state index contributed by atoms with van der Waals surface area (Å²) in [5.74, 6) is -0.900. The van der Waals surface area contributed by atoms with E-state index >= 15 is 0 Å². The molecular formula is C38H46ClN5O7S. The zero-order chi connectivity index (χ0) is 36.7. The van der Waals surface area contributed by atoms with Crippen molar-refractivity contribution in [3.8, 4) is 11.6 Å². The summed E-state index contributed by atoms with van der Waals surface area (Å²) in [4.78, 5) is 29.7. The first kappa shape index (κ1) is 36.4. The number of hydrogen-bond acceptors (Lipinski definition) is 9. The molecule has 52 heavy (non-hydrogen) atoms. The van der Waals surface area contributed by atoms with Crippen LogP contribution >= 0.6 is 11.6 Å². The van der Waals surface area contributed by atoms with Gasteiger partial charge in [0.05, 0.1) is 42.2 Å². The number of aromatic nitrogens is 2. The highest BCUT2D eigenvalue weighted by molar-refractivity contribution is 7.76. The lowest BCUT2D eigenvalue weighted by molar-refractivity contribution is 0.0123. The molecule has 1 saturated carbocycles. The summed E-state index contributed by atoms with van der Waals surface area (Å²) in [6.07, 6.45) is 8.43. The fourth-order valence-electron chi connectivity index (χ4n) is 8.35. The third-order valence-electron chi connectivity index (χ3n) is 11.4. The van der Waals surface area contributed by atoms with Crippen LogP contribution in [0.1, 0.15) is 64.4 Å². The number of benzene rings is 2. The maximum absolute atomic E-state index is 14.0. The summed E-state index contributed by atoms with van der Waals surface area (Å²) in [7, 11) is 1.95. The van der Waals surface area contributed by atoms with Crippen LogP contribution in [0.2, 0.25) is 5.02 Å².